The smallest absolute Gasteiger partial charge is 0.407 e. The summed E-state index contributed by atoms with van der Waals surface area (Å²) < 4.78 is 16.1. The van der Waals surface area contributed by atoms with Gasteiger partial charge in [0.25, 0.3) is 0 Å². The molecule has 0 atom stereocenters. The van der Waals surface area contributed by atoms with E-state index >= 15 is 0 Å². The van der Waals surface area contributed by atoms with Gasteiger partial charge < -0.3 is 24.8 Å². The fourth-order valence-electron chi connectivity index (χ4n) is 4.23. The van der Waals surface area contributed by atoms with Crippen molar-refractivity contribution in [3.05, 3.63) is 0 Å². The predicted molar refractivity (Wildman–Crippen MR) is 137 cm³/mol. The molecule has 0 saturated heterocycles. The Bertz CT molecular complexity index is 512. The molecule has 0 aliphatic heterocycles. The van der Waals surface area contributed by atoms with Crippen molar-refractivity contribution < 1.29 is 23.8 Å². The number of hydrogen-bond donors (Lipinski definition) is 2. The zero-order valence-corrected chi connectivity index (χ0v) is 23.9. The van der Waals surface area contributed by atoms with Gasteiger partial charge in [0.05, 0.1) is 19.3 Å². The Kier molecular flexibility index (Phi) is 15.0. The summed E-state index contributed by atoms with van der Waals surface area (Å²) in [6.07, 6.45) is 0.510. The molecule has 33 heavy (non-hydrogen) atoms. The molecule has 198 valence electrons. The highest BCUT2D eigenvalue weighted by atomic mass is 16.6. The minimum atomic E-state index is -0.490. The SMILES string of the molecule is CC.COC(CNC(=O)OCC(C)(C)CC(C)(C)C)CNC(=O)OCC(C)(C)CC(C)(C)C. The Morgan fingerprint density at radius 1 is 0.667 bits per heavy atom. The first-order valence-corrected chi connectivity index (χ1v) is 12.2. The van der Waals surface area contributed by atoms with Crippen LogP contribution in [-0.4, -0.2) is 51.7 Å². The first-order valence-electron chi connectivity index (χ1n) is 12.2. The highest BCUT2D eigenvalue weighted by Crippen LogP contribution is 2.34. The van der Waals surface area contributed by atoms with Crippen molar-refractivity contribution in [2.75, 3.05) is 33.4 Å². The molecule has 0 radical (unpaired) electrons. The predicted octanol–water partition coefficient (Wildman–Crippen LogP) is 6.40. The van der Waals surface area contributed by atoms with Crippen LogP contribution in [0.4, 0.5) is 9.59 Å². The highest BCUT2D eigenvalue weighted by molar-refractivity contribution is 5.68. The van der Waals surface area contributed by atoms with Crippen LogP contribution in [0.1, 0.15) is 95.9 Å². The molecule has 0 heterocycles. The molecule has 0 aromatic rings. The van der Waals surface area contributed by atoms with Gasteiger partial charge >= 0.3 is 12.2 Å². The average molecular weight is 475 g/mol. The number of nitrogens with one attached hydrogen (secondary N) is 2. The van der Waals surface area contributed by atoms with E-state index in [1.165, 1.54) is 7.11 Å². The lowest BCUT2D eigenvalue weighted by Crippen LogP contribution is -2.42. The van der Waals surface area contributed by atoms with Crippen molar-refractivity contribution in [3.8, 4) is 0 Å². The molecule has 7 nitrogen and oxygen atoms in total. The zero-order chi connectivity index (χ0) is 26.5. The van der Waals surface area contributed by atoms with Gasteiger partial charge in [0.1, 0.15) is 0 Å². The van der Waals surface area contributed by atoms with E-state index in [1.54, 1.807) is 0 Å². The third kappa shape index (κ3) is 20.8. The first-order chi connectivity index (χ1) is 14.8. The van der Waals surface area contributed by atoms with Crippen LogP contribution in [0.5, 0.6) is 0 Å². The second-order valence-corrected chi connectivity index (χ2v) is 12.6. The number of carbonyl (C=O) groups is 2. The summed E-state index contributed by atoms with van der Waals surface area (Å²) in [7, 11) is 1.53. The molecule has 0 rings (SSSR count). The zero-order valence-electron chi connectivity index (χ0n) is 23.9. The normalized spacial score (nSPS) is 12.5. The van der Waals surface area contributed by atoms with Crippen molar-refractivity contribution in [1.29, 1.82) is 0 Å². The molecule has 0 aromatic carbocycles. The van der Waals surface area contributed by atoms with Gasteiger partial charge in [0, 0.05) is 20.2 Å². The minimum absolute atomic E-state index is 0.109. The summed E-state index contributed by atoms with van der Waals surface area (Å²) in [5.74, 6) is 0. The number of rotatable bonds is 11. The van der Waals surface area contributed by atoms with Gasteiger partial charge in [0.2, 0.25) is 0 Å². The van der Waals surface area contributed by atoms with E-state index in [2.05, 4.69) is 79.9 Å². The van der Waals surface area contributed by atoms with Gasteiger partial charge in [0.15, 0.2) is 0 Å². The average Bonchev–Trinajstić information content (AvgIpc) is 2.63. The fourth-order valence-corrected chi connectivity index (χ4v) is 4.23. The lowest BCUT2D eigenvalue weighted by molar-refractivity contribution is 0.0602. The lowest BCUT2D eigenvalue weighted by atomic mass is 9.77. The van der Waals surface area contributed by atoms with E-state index in [-0.39, 0.29) is 40.9 Å². The maximum atomic E-state index is 12.0. The van der Waals surface area contributed by atoms with Crippen molar-refractivity contribution in [1.82, 2.24) is 10.6 Å². The molecule has 0 fully saturated rings. The van der Waals surface area contributed by atoms with Crippen LogP contribution in [0.3, 0.4) is 0 Å². The molecule has 0 spiro atoms. The number of amides is 2. The van der Waals surface area contributed by atoms with Crippen molar-refractivity contribution in [2.45, 2.75) is 102 Å². The summed E-state index contributed by atoms with van der Waals surface area (Å²) in [4.78, 5) is 24.1. The molecule has 7 heteroatoms. The molecule has 2 N–H and O–H groups in total. The van der Waals surface area contributed by atoms with E-state index in [1.807, 2.05) is 13.8 Å². The quantitative estimate of drug-likeness (QED) is 0.361. The second-order valence-electron chi connectivity index (χ2n) is 12.6. The number of carbonyl (C=O) groups excluding carboxylic acids is 2. The molecule has 0 saturated carbocycles. The Morgan fingerprint density at radius 3 is 1.21 bits per heavy atom. The minimum Gasteiger partial charge on any atom is -0.449 e. The summed E-state index contributed by atoms with van der Waals surface area (Å²) >= 11 is 0. The van der Waals surface area contributed by atoms with Crippen molar-refractivity contribution >= 4 is 12.2 Å². The Morgan fingerprint density at radius 2 is 0.970 bits per heavy atom. The summed E-state index contributed by atoms with van der Waals surface area (Å²) in [5, 5.41) is 5.39. The van der Waals surface area contributed by atoms with Crippen molar-refractivity contribution in [2.24, 2.45) is 21.7 Å². The molecule has 0 aromatic heterocycles. The van der Waals surface area contributed by atoms with Crippen LogP contribution < -0.4 is 10.6 Å². The number of alkyl carbamates (subject to hydrolysis) is 2. The lowest BCUT2D eigenvalue weighted by Gasteiger charge is -2.32. The van der Waals surface area contributed by atoms with Crippen LogP contribution >= 0.6 is 0 Å². The fraction of sp³-hybridized carbons (Fsp3) is 0.923. The third-order valence-corrected chi connectivity index (χ3v) is 4.49. The molecule has 0 aliphatic rings. The second kappa shape index (κ2) is 14.7. The maximum Gasteiger partial charge on any atom is 0.407 e. The molecular weight excluding hydrogens is 420 g/mol. The maximum absolute atomic E-state index is 12.0. The van der Waals surface area contributed by atoms with E-state index in [9.17, 15) is 9.59 Å². The van der Waals surface area contributed by atoms with E-state index < -0.39 is 12.2 Å². The number of ether oxygens (including phenoxy) is 3. The molecular formula is C26H54N2O5. The van der Waals surface area contributed by atoms with E-state index in [4.69, 9.17) is 14.2 Å². The van der Waals surface area contributed by atoms with Crippen LogP contribution in [-0.2, 0) is 14.2 Å². The summed E-state index contributed by atoms with van der Waals surface area (Å²) in [6.45, 7) is 26.5. The first kappa shape index (κ1) is 33.7. The topological polar surface area (TPSA) is 85.9 Å². The van der Waals surface area contributed by atoms with Crippen LogP contribution in [0.2, 0.25) is 0 Å². The number of methoxy groups -OCH3 is 1. The largest absolute Gasteiger partial charge is 0.449 e. The Balaban J connectivity index is 0. The summed E-state index contributed by atoms with van der Waals surface area (Å²) in [5.41, 5.74) is 0.101. The molecule has 0 unspecified atom stereocenters. The van der Waals surface area contributed by atoms with Gasteiger partial charge in [-0.25, -0.2) is 9.59 Å². The molecule has 0 aliphatic carbocycles. The van der Waals surface area contributed by atoms with Crippen molar-refractivity contribution in [3.63, 3.8) is 0 Å². The number of hydrogen-bond acceptors (Lipinski definition) is 5. The van der Waals surface area contributed by atoms with Gasteiger partial charge in [-0.1, -0.05) is 83.1 Å². The third-order valence-electron chi connectivity index (χ3n) is 4.49. The Hall–Kier alpha value is -1.50. The summed E-state index contributed by atoms with van der Waals surface area (Å²) in [6, 6.07) is 0. The van der Waals surface area contributed by atoms with Gasteiger partial charge in [-0.2, -0.15) is 0 Å². The molecule has 2 amide bonds. The molecule has 0 bridgehead atoms. The Labute approximate surface area is 204 Å². The van der Waals surface area contributed by atoms with Gasteiger partial charge in [-0.3, -0.25) is 0 Å². The van der Waals surface area contributed by atoms with Crippen LogP contribution in [0.15, 0.2) is 0 Å². The van der Waals surface area contributed by atoms with Gasteiger partial charge in [-0.05, 0) is 34.5 Å². The van der Waals surface area contributed by atoms with E-state index in [0.29, 0.717) is 13.2 Å². The standard InChI is InChI=1S/C24H48N2O5.C2H6/c1-21(2,3)14-23(7,8)16-30-19(27)25-12-18(29-11)13-26-20(28)31-17-24(9,10)15-22(4,5)6;1-2/h18H,12-17H2,1-11H3,(H,25,27)(H,26,28);1-2H3. The van der Waals surface area contributed by atoms with Crippen LogP contribution in [0, 0.1) is 21.7 Å². The van der Waals surface area contributed by atoms with E-state index in [0.717, 1.165) is 12.8 Å². The highest BCUT2D eigenvalue weighted by Gasteiger charge is 2.28. The van der Waals surface area contributed by atoms with Crippen LogP contribution in [0.25, 0.3) is 0 Å². The monoisotopic (exact) mass is 474 g/mol. The van der Waals surface area contributed by atoms with Gasteiger partial charge in [-0.15, -0.1) is 0 Å².